The standard InChI is InChI=1S/C10H7N3Si/c1-3-7-9(11-5-1)14-10-8(13-7)4-2-6-12-10/h1-6,13H. The molecule has 0 atom stereocenters. The summed E-state index contributed by atoms with van der Waals surface area (Å²) >= 11 is 0. The van der Waals surface area contributed by atoms with Crippen molar-refractivity contribution in [2.24, 2.45) is 0 Å². The lowest BCUT2D eigenvalue weighted by atomic mass is 10.3. The summed E-state index contributed by atoms with van der Waals surface area (Å²) in [6.45, 7) is 0. The van der Waals surface area contributed by atoms with Crippen LogP contribution in [0.2, 0.25) is 0 Å². The van der Waals surface area contributed by atoms with Crippen LogP contribution in [0.4, 0.5) is 11.4 Å². The number of nitrogens with one attached hydrogen (secondary N) is 1. The Morgan fingerprint density at radius 1 is 0.929 bits per heavy atom. The minimum Gasteiger partial charge on any atom is -0.353 e. The van der Waals surface area contributed by atoms with E-state index in [2.05, 4.69) is 15.3 Å². The highest BCUT2D eigenvalue weighted by Gasteiger charge is 2.16. The number of rotatable bonds is 0. The molecule has 0 spiro atoms. The van der Waals surface area contributed by atoms with Crippen LogP contribution in [0.15, 0.2) is 36.7 Å². The van der Waals surface area contributed by atoms with E-state index in [1.165, 1.54) is 0 Å². The molecule has 0 aromatic carbocycles. The van der Waals surface area contributed by atoms with E-state index in [9.17, 15) is 0 Å². The Morgan fingerprint density at radius 3 is 2.07 bits per heavy atom. The molecule has 0 amide bonds. The van der Waals surface area contributed by atoms with Crippen molar-refractivity contribution in [3.8, 4) is 0 Å². The molecule has 14 heavy (non-hydrogen) atoms. The van der Waals surface area contributed by atoms with Crippen LogP contribution < -0.4 is 16.0 Å². The molecule has 0 saturated heterocycles. The fourth-order valence-electron chi connectivity index (χ4n) is 1.47. The summed E-state index contributed by atoms with van der Waals surface area (Å²) in [4.78, 5) is 8.66. The molecule has 66 valence electrons. The van der Waals surface area contributed by atoms with Crippen LogP contribution in [0.1, 0.15) is 0 Å². The smallest absolute Gasteiger partial charge is 0.179 e. The van der Waals surface area contributed by atoms with Gasteiger partial charge < -0.3 is 5.32 Å². The number of pyridine rings is 2. The molecule has 3 heterocycles. The number of nitrogens with zero attached hydrogens (tertiary/aromatic N) is 2. The first-order valence-corrected chi connectivity index (χ1v) is 5.37. The van der Waals surface area contributed by atoms with Crippen molar-refractivity contribution in [3.63, 3.8) is 0 Å². The Hall–Kier alpha value is -1.68. The van der Waals surface area contributed by atoms with Gasteiger partial charge in [-0.1, -0.05) is 0 Å². The second-order valence-electron chi connectivity index (χ2n) is 3.05. The molecule has 1 aliphatic rings. The first-order chi connectivity index (χ1) is 6.93. The van der Waals surface area contributed by atoms with Crippen molar-refractivity contribution < 1.29 is 0 Å². The Morgan fingerprint density at radius 2 is 1.50 bits per heavy atom. The molecule has 4 heteroatoms. The highest BCUT2D eigenvalue weighted by atomic mass is 28.2. The van der Waals surface area contributed by atoms with Crippen molar-refractivity contribution in [2.45, 2.75) is 0 Å². The molecule has 3 nitrogen and oxygen atoms in total. The van der Waals surface area contributed by atoms with Gasteiger partial charge in [0.2, 0.25) is 0 Å². The second kappa shape index (κ2) is 2.92. The topological polar surface area (TPSA) is 37.8 Å². The van der Waals surface area contributed by atoms with Gasteiger partial charge in [-0.15, -0.1) is 0 Å². The van der Waals surface area contributed by atoms with Gasteiger partial charge in [0, 0.05) is 12.4 Å². The largest absolute Gasteiger partial charge is 0.353 e. The van der Waals surface area contributed by atoms with Gasteiger partial charge in [-0.3, -0.25) is 9.97 Å². The average Bonchev–Trinajstić information content (AvgIpc) is 2.26. The second-order valence-corrected chi connectivity index (χ2v) is 4.25. The molecule has 2 radical (unpaired) electrons. The van der Waals surface area contributed by atoms with Crippen molar-refractivity contribution in [1.82, 2.24) is 9.97 Å². The monoisotopic (exact) mass is 197 g/mol. The van der Waals surface area contributed by atoms with E-state index in [-0.39, 0.29) is 0 Å². The quantitative estimate of drug-likeness (QED) is 0.523. The lowest BCUT2D eigenvalue weighted by Crippen LogP contribution is -2.39. The lowest BCUT2D eigenvalue weighted by Gasteiger charge is -2.18. The highest BCUT2D eigenvalue weighted by Crippen LogP contribution is 2.13. The molecule has 2 aromatic rings. The summed E-state index contributed by atoms with van der Waals surface area (Å²) in [5.74, 6) is 0. The van der Waals surface area contributed by atoms with E-state index in [0.717, 1.165) is 22.0 Å². The van der Waals surface area contributed by atoms with Gasteiger partial charge in [0.05, 0.1) is 22.0 Å². The summed E-state index contributed by atoms with van der Waals surface area (Å²) in [6.07, 6.45) is 3.64. The average molecular weight is 197 g/mol. The maximum atomic E-state index is 4.33. The van der Waals surface area contributed by atoms with E-state index in [0.29, 0.717) is 9.52 Å². The van der Waals surface area contributed by atoms with E-state index >= 15 is 0 Å². The lowest BCUT2D eigenvalue weighted by molar-refractivity contribution is 1.33. The molecule has 1 aliphatic heterocycles. The SMILES string of the molecule is c1cnc2c(c1)Nc1cccnc1[Si]2. The minimum absolute atomic E-state index is 0.559. The summed E-state index contributed by atoms with van der Waals surface area (Å²) in [6, 6.07) is 7.98. The minimum atomic E-state index is 0.559. The molecule has 1 N–H and O–H groups in total. The first-order valence-electron chi connectivity index (χ1n) is 4.37. The molecule has 3 rings (SSSR count). The van der Waals surface area contributed by atoms with E-state index in [1.807, 2.05) is 36.7 Å². The maximum absolute atomic E-state index is 4.33. The number of fused-ring (bicyclic) bond motifs is 2. The third-order valence-corrected chi connectivity index (χ3v) is 3.39. The van der Waals surface area contributed by atoms with E-state index in [1.54, 1.807) is 0 Å². The Bertz CT molecular complexity index is 397. The normalized spacial score (nSPS) is 12.6. The zero-order chi connectivity index (χ0) is 9.38. The van der Waals surface area contributed by atoms with Gasteiger partial charge >= 0.3 is 0 Å². The number of hydrogen-bond acceptors (Lipinski definition) is 3. The van der Waals surface area contributed by atoms with Crippen molar-refractivity contribution in [2.75, 3.05) is 5.32 Å². The van der Waals surface area contributed by atoms with Crippen LogP contribution in [0.5, 0.6) is 0 Å². The van der Waals surface area contributed by atoms with Crippen molar-refractivity contribution in [1.29, 1.82) is 0 Å². The van der Waals surface area contributed by atoms with Gasteiger partial charge in [0.1, 0.15) is 0 Å². The molecular formula is C10H7N3Si. The Balaban J connectivity index is 2.12. The first kappa shape index (κ1) is 7.70. The predicted octanol–water partition coefficient (Wildman–Crippen LogP) is 0.189. The van der Waals surface area contributed by atoms with Crippen LogP contribution in [0.3, 0.4) is 0 Å². The fourth-order valence-corrected chi connectivity index (χ4v) is 2.53. The molecule has 0 saturated carbocycles. The van der Waals surface area contributed by atoms with Crippen LogP contribution in [-0.2, 0) is 0 Å². The fraction of sp³-hybridized carbons (Fsp3) is 0. The van der Waals surface area contributed by atoms with Gasteiger partial charge in [-0.25, -0.2) is 0 Å². The zero-order valence-electron chi connectivity index (χ0n) is 7.36. The molecule has 0 fully saturated rings. The molecule has 2 aromatic heterocycles. The van der Waals surface area contributed by atoms with Crippen molar-refractivity contribution in [3.05, 3.63) is 36.7 Å². The summed E-state index contributed by atoms with van der Waals surface area (Å²) in [5.41, 5.74) is 2.21. The third-order valence-electron chi connectivity index (χ3n) is 2.12. The van der Waals surface area contributed by atoms with Gasteiger partial charge in [-0.2, -0.15) is 0 Å². The number of anilines is 2. The van der Waals surface area contributed by atoms with Crippen LogP contribution in [-0.4, -0.2) is 19.5 Å². The summed E-state index contributed by atoms with van der Waals surface area (Å²) < 4.78 is 0. The van der Waals surface area contributed by atoms with Gasteiger partial charge in [0.25, 0.3) is 0 Å². The molecule has 0 aliphatic carbocycles. The number of hydrogen-bond donors (Lipinski definition) is 1. The summed E-state index contributed by atoms with van der Waals surface area (Å²) in [7, 11) is 0.559. The van der Waals surface area contributed by atoms with Gasteiger partial charge in [-0.05, 0) is 24.3 Å². The summed E-state index contributed by atoms with van der Waals surface area (Å²) in [5, 5.41) is 5.51. The maximum Gasteiger partial charge on any atom is 0.179 e. The van der Waals surface area contributed by atoms with Crippen LogP contribution >= 0.6 is 0 Å². The predicted molar refractivity (Wildman–Crippen MR) is 56.8 cm³/mol. The molecular weight excluding hydrogens is 190 g/mol. The third kappa shape index (κ3) is 1.12. The number of aromatic nitrogens is 2. The van der Waals surface area contributed by atoms with Gasteiger partial charge in [0.15, 0.2) is 9.52 Å². The molecule has 0 bridgehead atoms. The van der Waals surface area contributed by atoms with Crippen LogP contribution in [0, 0.1) is 0 Å². The van der Waals surface area contributed by atoms with Crippen molar-refractivity contribution >= 4 is 31.5 Å². The van der Waals surface area contributed by atoms with E-state index < -0.39 is 0 Å². The highest BCUT2D eigenvalue weighted by molar-refractivity contribution is 6.69. The van der Waals surface area contributed by atoms with Crippen LogP contribution in [0.25, 0.3) is 0 Å². The Kier molecular flexibility index (Phi) is 1.60. The Labute approximate surface area is 84.0 Å². The van der Waals surface area contributed by atoms with E-state index in [4.69, 9.17) is 0 Å². The zero-order valence-corrected chi connectivity index (χ0v) is 8.36. The molecule has 0 unspecified atom stereocenters.